The number of aromatic nitrogens is 3. The van der Waals surface area contributed by atoms with Gasteiger partial charge in [0, 0.05) is 7.05 Å². The summed E-state index contributed by atoms with van der Waals surface area (Å²) in [6.07, 6.45) is 0. The maximum atomic E-state index is 12.1. The molecule has 0 aliphatic heterocycles. The summed E-state index contributed by atoms with van der Waals surface area (Å²) >= 11 is 4.19. The molecule has 7 nitrogen and oxygen atoms in total. The van der Waals surface area contributed by atoms with E-state index in [-0.39, 0.29) is 11.7 Å². The molecular formula is C14H15N5O2S3. The number of nitrogens with zero attached hydrogens (tertiary/aromatic N) is 3. The van der Waals surface area contributed by atoms with Crippen molar-refractivity contribution in [3.63, 3.8) is 0 Å². The van der Waals surface area contributed by atoms with E-state index < -0.39 is 0 Å². The Morgan fingerprint density at radius 2 is 2.17 bits per heavy atom. The van der Waals surface area contributed by atoms with Crippen LogP contribution in [0.2, 0.25) is 0 Å². The molecule has 1 aromatic carbocycles. The molecular weight excluding hydrogens is 366 g/mol. The number of thioether (sulfide) groups is 1. The highest BCUT2D eigenvalue weighted by atomic mass is 32.2. The van der Waals surface area contributed by atoms with Crippen LogP contribution in [0.4, 0.5) is 10.3 Å². The molecule has 3 aromatic rings. The second kappa shape index (κ2) is 7.77. The molecule has 1 amide bonds. The minimum Gasteiger partial charge on any atom is -0.494 e. The van der Waals surface area contributed by atoms with Crippen LogP contribution in [0, 0.1) is 0 Å². The van der Waals surface area contributed by atoms with Crippen molar-refractivity contribution in [3.05, 3.63) is 18.2 Å². The van der Waals surface area contributed by atoms with Crippen molar-refractivity contribution < 1.29 is 9.53 Å². The van der Waals surface area contributed by atoms with Gasteiger partial charge in [0.05, 0.1) is 22.6 Å². The maximum Gasteiger partial charge on any atom is 0.236 e. The number of carbonyl (C=O) groups is 1. The van der Waals surface area contributed by atoms with Crippen LogP contribution in [-0.2, 0) is 4.79 Å². The third-order valence-electron chi connectivity index (χ3n) is 2.86. The third kappa shape index (κ3) is 4.13. The number of nitrogens with one attached hydrogen (secondary N) is 2. The number of rotatable bonds is 7. The lowest BCUT2D eigenvalue weighted by molar-refractivity contribution is -0.113. The van der Waals surface area contributed by atoms with Gasteiger partial charge in [-0.05, 0) is 25.1 Å². The molecule has 2 N–H and O–H groups in total. The monoisotopic (exact) mass is 381 g/mol. The average Bonchev–Trinajstić information content (AvgIpc) is 3.18. The summed E-state index contributed by atoms with van der Waals surface area (Å²) in [5.41, 5.74) is 0.842. The molecule has 0 spiro atoms. The van der Waals surface area contributed by atoms with Gasteiger partial charge in [-0.15, -0.1) is 10.2 Å². The lowest BCUT2D eigenvalue weighted by Crippen LogP contribution is -2.13. The Morgan fingerprint density at radius 1 is 1.29 bits per heavy atom. The molecule has 24 heavy (non-hydrogen) atoms. The largest absolute Gasteiger partial charge is 0.494 e. The minimum atomic E-state index is -0.120. The van der Waals surface area contributed by atoms with E-state index in [1.54, 1.807) is 7.05 Å². The van der Waals surface area contributed by atoms with Crippen LogP contribution in [0.1, 0.15) is 6.92 Å². The SMILES string of the molecule is CCOc1ccc2nc(NC(=O)CSc3nnc(NC)s3)sc2c1. The zero-order chi connectivity index (χ0) is 16.9. The molecule has 0 radical (unpaired) electrons. The van der Waals surface area contributed by atoms with E-state index >= 15 is 0 Å². The van der Waals surface area contributed by atoms with Gasteiger partial charge in [-0.3, -0.25) is 4.79 Å². The maximum absolute atomic E-state index is 12.1. The van der Waals surface area contributed by atoms with Gasteiger partial charge in [0.2, 0.25) is 11.0 Å². The lowest BCUT2D eigenvalue weighted by Gasteiger charge is -2.00. The van der Waals surface area contributed by atoms with Gasteiger partial charge in [-0.25, -0.2) is 4.98 Å². The van der Waals surface area contributed by atoms with Crippen LogP contribution in [0.25, 0.3) is 10.2 Å². The summed E-state index contributed by atoms with van der Waals surface area (Å²) in [5.74, 6) is 0.947. The van der Waals surface area contributed by atoms with Gasteiger partial charge in [0.25, 0.3) is 0 Å². The Kier molecular flexibility index (Phi) is 5.48. The topological polar surface area (TPSA) is 89.0 Å². The number of fused-ring (bicyclic) bond motifs is 1. The molecule has 3 rings (SSSR count). The highest BCUT2D eigenvalue weighted by Gasteiger charge is 2.11. The summed E-state index contributed by atoms with van der Waals surface area (Å²) in [7, 11) is 1.78. The van der Waals surface area contributed by atoms with Crippen molar-refractivity contribution in [1.29, 1.82) is 0 Å². The van der Waals surface area contributed by atoms with Crippen molar-refractivity contribution in [1.82, 2.24) is 15.2 Å². The molecule has 2 heterocycles. The number of hydrogen-bond donors (Lipinski definition) is 2. The van der Waals surface area contributed by atoms with Gasteiger partial charge in [-0.1, -0.05) is 34.4 Å². The van der Waals surface area contributed by atoms with Gasteiger partial charge in [0.1, 0.15) is 5.75 Å². The van der Waals surface area contributed by atoms with E-state index in [0.29, 0.717) is 11.7 Å². The summed E-state index contributed by atoms with van der Waals surface area (Å²) in [6, 6.07) is 5.70. The highest BCUT2D eigenvalue weighted by Crippen LogP contribution is 2.30. The van der Waals surface area contributed by atoms with E-state index in [1.807, 2.05) is 25.1 Å². The number of benzene rings is 1. The fraction of sp³-hybridized carbons (Fsp3) is 0.286. The lowest BCUT2D eigenvalue weighted by atomic mass is 10.3. The van der Waals surface area contributed by atoms with Crippen LogP contribution in [0.5, 0.6) is 5.75 Å². The normalized spacial score (nSPS) is 10.8. The molecule has 0 saturated carbocycles. The zero-order valence-electron chi connectivity index (χ0n) is 13.0. The van der Waals surface area contributed by atoms with Crippen LogP contribution in [-0.4, -0.2) is 40.5 Å². The molecule has 0 aliphatic carbocycles. The third-order valence-corrected chi connectivity index (χ3v) is 5.87. The van der Waals surface area contributed by atoms with Gasteiger partial charge < -0.3 is 15.4 Å². The second-order valence-electron chi connectivity index (χ2n) is 4.54. The Bertz CT molecular complexity index is 848. The first-order valence-electron chi connectivity index (χ1n) is 7.15. The van der Waals surface area contributed by atoms with E-state index in [2.05, 4.69) is 25.8 Å². The van der Waals surface area contributed by atoms with Gasteiger partial charge >= 0.3 is 0 Å². The first kappa shape index (κ1) is 16.9. The van der Waals surface area contributed by atoms with Crippen LogP contribution < -0.4 is 15.4 Å². The molecule has 0 unspecified atom stereocenters. The summed E-state index contributed by atoms with van der Waals surface area (Å²) in [4.78, 5) is 16.5. The molecule has 0 bridgehead atoms. The Balaban J connectivity index is 1.60. The van der Waals surface area contributed by atoms with Crippen molar-refractivity contribution >= 4 is 60.8 Å². The standard InChI is InChI=1S/C14H15N5O2S3/c1-3-21-8-4-5-9-10(6-8)23-13(16-9)17-11(20)7-22-14-19-18-12(15-2)24-14/h4-6H,3,7H2,1-2H3,(H,15,18)(H,16,17,20). The van der Waals surface area contributed by atoms with E-state index in [0.717, 1.165) is 25.4 Å². The highest BCUT2D eigenvalue weighted by molar-refractivity contribution is 8.01. The van der Waals surface area contributed by atoms with E-state index in [1.165, 1.54) is 34.4 Å². The number of carbonyl (C=O) groups excluding carboxylic acids is 1. The Hall–Kier alpha value is -1.91. The predicted octanol–water partition coefficient (Wildman–Crippen LogP) is 3.32. The minimum absolute atomic E-state index is 0.120. The molecule has 0 saturated heterocycles. The average molecular weight is 382 g/mol. The van der Waals surface area contributed by atoms with Crippen molar-refractivity contribution in [2.45, 2.75) is 11.3 Å². The van der Waals surface area contributed by atoms with Crippen LogP contribution >= 0.6 is 34.4 Å². The summed E-state index contributed by atoms with van der Waals surface area (Å²) < 4.78 is 7.20. The Labute approximate surface area is 150 Å². The number of amides is 1. The fourth-order valence-corrected chi connectivity index (χ4v) is 4.28. The smallest absolute Gasteiger partial charge is 0.236 e. The Morgan fingerprint density at radius 3 is 2.92 bits per heavy atom. The fourth-order valence-electron chi connectivity index (χ4n) is 1.87. The zero-order valence-corrected chi connectivity index (χ0v) is 15.5. The van der Waals surface area contributed by atoms with E-state index in [9.17, 15) is 4.79 Å². The molecule has 126 valence electrons. The van der Waals surface area contributed by atoms with Crippen molar-refractivity contribution in [2.24, 2.45) is 0 Å². The van der Waals surface area contributed by atoms with Crippen LogP contribution in [0.3, 0.4) is 0 Å². The molecule has 0 aliphatic rings. The molecule has 10 heteroatoms. The number of ether oxygens (including phenoxy) is 1. The molecule has 0 atom stereocenters. The van der Waals surface area contributed by atoms with Crippen molar-refractivity contribution in [2.75, 3.05) is 30.0 Å². The summed E-state index contributed by atoms with van der Waals surface area (Å²) in [6.45, 7) is 2.56. The van der Waals surface area contributed by atoms with Crippen LogP contribution in [0.15, 0.2) is 22.5 Å². The molecule has 2 aromatic heterocycles. The molecule has 0 fully saturated rings. The number of anilines is 2. The quantitative estimate of drug-likeness (QED) is 0.607. The summed E-state index contributed by atoms with van der Waals surface area (Å²) in [5, 5.41) is 15.0. The first-order chi connectivity index (χ1) is 11.7. The number of hydrogen-bond acceptors (Lipinski definition) is 9. The predicted molar refractivity (Wildman–Crippen MR) is 99.6 cm³/mol. The van der Waals surface area contributed by atoms with Crippen molar-refractivity contribution in [3.8, 4) is 5.75 Å². The second-order valence-corrected chi connectivity index (χ2v) is 7.77. The number of thiazole rings is 1. The first-order valence-corrected chi connectivity index (χ1v) is 9.77. The van der Waals surface area contributed by atoms with Gasteiger partial charge in [-0.2, -0.15) is 0 Å². The van der Waals surface area contributed by atoms with E-state index in [4.69, 9.17) is 4.74 Å². The van der Waals surface area contributed by atoms with Gasteiger partial charge in [0.15, 0.2) is 9.47 Å².